The molecule has 0 aliphatic heterocycles. The van der Waals surface area contributed by atoms with Crippen molar-refractivity contribution in [1.29, 1.82) is 0 Å². The van der Waals surface area contributed by atoms with Crippen molar-refractivity contribution in [3.63, 3.8) is 0 Å². The quantitative estimate of drug-likeness (QED) is 0.546. The second-order valence-corrected chi connectivity index (χ2v) is 2.53. The molecular formula is C3H7N3S2. The minimum absolute atomic E-state index is 0. The standard InChI is InChI=1S/C3H4N2S2.H3N/c1-2-3(6)4-5-7-2;/h6H,1H3;1H3. The first-order chi connectivity index (χ1) is 3.30. The molecule has 0 amide bonds. The molecule has 5 heteroatoms. The van der Waals surface area contributed by atoms with E-state index in [9.17, 15) is 0 Å². The van der Waals surface area contributed by atoms with Gasteiger partial charge in [0.05, 0.1) is 4.88 Å². The molecule has 0 aliphatic rings. The van der Waals surface area contributed by atoms with Crippen LogP contribution in [0.1, 0.15) is 4.88 Å². The van der Waals surface area contributed by atoms with Crippen LogP contribution in [-0.2, 0) is 0 Å². The molecule has 0 unspecified atom stereocenters. The Balaban J connectivity index is 0.000000490. The van der Waals surface area contributed by atoms with Crippen molar-refractivity contribution in [3.8, 4) is 0 Å². The lowest BCUT2D eigenvalue weighted by atomic mass is 10.6. The van der Waals surface area contributed by atoms with E-state index < -0.39 is 0 Å². The third-order valence-electron chi connectivity index (χ3n) is 0.628. The summed E-state index contributed by atoms with van der Waals surface area (Å²) in [5.41, 5.74) is 0. The molecule has 0 saturated heterocycles. The summed E-state index contributed by atoms with van der Waals surface area (Å²) in [6.45, 7) is 1.94. The molecule has 0 aromatic carbocycles. The minimum Gasteiger partial charge on any atom is -0.344 e. The Morgan fingerprint density at radius 2 is 2.25 bits per heavy atom. The molecule has 0 bridgehead atoms. The normalized spacial score (nSPS) is 8.25. The monoisotopic (exact) mass is 149 g/mol. The van der Waals surface area contributed by atoms with Crippen LogP contribution in [0.3, 0.4) is 0 Å². The van der Waals surface area contributed by atoms with Crippen LogP contribution in [-0.4, -0.2) is 9.59 Å². The van der Waals surface area contributed by atoms with Crippen LogP contribution in [0.25, 0.3) is 0 Å². The fraction of sp³-hybridized carbons (Fsp3) is 0.333. The maximum atomic E-state index is 3.99. The van der Waals surface area contributed by atoms with Gasteiger partial charge in [-0.3, -0.25) is 0 Å². The molecule has 1 rings (SSSR count). The average molecular weight is 149 g/mol. The highest BCUT2D eigenvalue weighted by Gasteiger charge is 1.92. The Morgan fingerprint density at radius 1 is 1.62 bits per heavy atom. The predicted molar refractivity (Wildman–Crippen MR) is 36.9 cm³/mol. The second-order valence-electron chi connectivity index (χ2n) is 1.15. The van der Waals surface area contributed by atoms with Gasteiger partial charge in [-0.2, -0.15) is 0 Å². The Hall–Kier alpha value is -0.130. The van der Waals surface area contributed by atoms with Gasteiger partial charge in [0.2, 0.25) is 0 Å². The molecule has 0 saturated carbocycles. The summed E-state index contributed by atoms with van der Waals surface area (Å²) in [6, 6.07) is 0. The summed E-state index contributed by atoms with van der Waals surface area (Å²) in [7, 11) is 0. The van der Waals surface area contributed by atoms with Crippen LogP contribution in [0.4, 0.5) is 0 Å². The van der Waals surface area contributed by atoms with Crippen LogP contribution in [0, 0.1) is 6.92 Å². The molecular weight excluding hydrogens is 142 g/mol. The molecule has 0 fully saturated rings. The Kier molecular flexibility index (Phi) is 2.96. The van der Waals surface area contributed by atoms with Gasteiger partial charge in [-0.1, -0.05) is 4.49 Å². The number of aromatic nitrogens is 2. The van der Waals surface area contributed by atoms with E-state index in [0.717, 1.165) is 9.90 Å². The SMILES string of the molecule is Cc1snnc1S.N. The lowest BCUT2D eigenvalue weighted by Gasteiger charge is -1.73. The summed E-state index contributed by atoms with van der Waals surface area (Å²) in [5.74, 6) is 0. The smallest absolute Gasteiger partial charge is 0.131 e. The predicted octanol–water partition coefficient (Wildman–Crippen LogP) is 1.30. The van der Waals surface area contributed by atoms with E-state index in [1.54, 1.807) is 0 Å². The van der Waals surface area contributed by atoms with Crippen molar-refractivity contribution >= 4 is 24.2 Å². The first kappa shape index (κ1) is 7.87. The third-order valence-corrected chi connectivity index (χ3v) is 1.83. The van der Waals surface area contributed by atoms with Crippen molar-refractivity contribution in [2.24, 2.45) is 0 Å². The van der Waals surface area contributed by atoms with Gasteiger partial charge < -0.3 is 6.15 Å². The zero-order valence-corrected chi connectivity index (χ0v) is 6.17. The minimum atomic E-state index is 0. The topological polar surface area (TPSA) is 60.8 Å². The van der Waals surface area contributed by atoms with E-state index in [1.165, 1.54) is 11.5 Å². The lowest BCUT2D eigenvalue weighted by molar-refractivity contribution is 1.02. The van der Waals surface area contributed by atoms with E-state index in [-0.39, 0.29) is 6.15 Å². The lowest BCUT2D eigenvalue weighted by Crippen LogP contribution is -1.64. The summed E-state index contributed by atoms with van der Waals surface area (Å²) in [4.78, 5) is 1.07. The number of nitrogens with zero attached hydrogens (tertiary/aromatic N) is 2. The highest BCUT2D eigenvalue weighted by atomic mass is 32.1. The highest BCUT2D eigenvalue weighted by molar-refractivity contribution is 7.80. The van der Waals surface area contributed by atoms with Crippen molar-refractivity contribution in [2.75, 3.05) is 0 Å². The van der Waals surface area contributed by atoms with E-state index >= 15 is 0 Å². The van der Waals surface area contributed by atoms with E-state index in [1.807, 2.05) is 6.92 Å². The molecule has 46 valence electrons. The fourth-order valence-electron chi connectivity index (χ4n) is 0.232. The highest BCUT2D eigenvalue weighted by Crippen LogP contribution is 2.10. The molecule has 1 heterocycles. The number of hydrogen-bond acceptors (Lipinski definition) is 5. The third kappa shape index (κ3) is 1.43. The molecule has 3 nitrogen and oxygen atoms in total. The molecule has 3 N–H and O–H groups in total. The summed E-state index contributed by atoms with van der Waals surface area (Å²) >= 11 is 5.35. The molecule has 0 atom stereocenters. The van der Waals surface area contributed by atoms with Crippen LogP contribution in [0.2, 0.25) is 0 Å². The Bertz CT molecular complexity index is 145. The maximum absolute atomic E-state index is 3.99. The summed E-state index contributed by atoms with van der Waals surface area (Å²) in [5, 5.41) is 4.39. The first-order valence-corrected chi connectivity index (χ1v) is 3.00. The van der Waals surface area contributed by atoms with Gasteiger partial charge in [-0.05, 0) is 18.5 Å². The summed E-state index contributed by atoms with van der Waals surface area (Å²) in [6.07, 6.45) is 0. The van der Waals surface area contributed by atoms with E-state index in [4.69, 9.17) is 0 Å². The van der Waals surface area contributed by atoms with Crippen LogP contribution < -0.4 is 6.15 Å². The second kappa shape index (κ2) is 3.01. The van der Waals surface area contributed by atoms with Crippen LogP contribution in [0.15, 0.2) is 5.03 Å². The van der Waals surface area contributed by atoms with Crippen molar-refractivity contribution in [2.45, 2.75) is 11.9 Å². The van der Waals surface area contributed by atoms with Gasteiger partial charge in [-0.15, -0.1) is 17.7 Å². The van der Waals surface area contributed by atoms with Crippen molar-refractivity contribution < 1.29 is 0 Å². The molecule has 1 aromatic heterocycles. The van der Waals surface area contributed by atoms with Crippen LogP contribution in [0.5, 0.6) is 0 Å². The number of aryl methyl sites for hydroxylation is 1. The Morgan fingerprint density at radius 3 is 2.38 bits per heavy atom. The van der Waals surface area contributed by atoms with Gasteiger partial charge in [0.1, 0.15) is 5.03 Å². The molecule has 0 radical (unpaired) electrons. The Labute approximate surface area is 57.3 Å². The maximum Gasteiger partial charge on any atom is 0.131 e. The molecule has 0 spiro atoms. The van der Waals surface area contributed by atoms with Gasteiger partial charge in [-0.25, -0.2) is 0 Å². The zero-order valence-electron chi connectivity index (χ0n) is 4.46. The van der Waals surface area contributed by atoms with Crippen molar-refractivity contribution in [1.82, 2.24) is 15.7 Å². The number of rotatable bonds is 0. The molecule has 1 aromatic rings. The largest absolute Gasteiger partial charge is 0.344 e. The zero-order chi connectivity index (χ0) is 5.28. The van der Waals surface area contributed by atoms with Crippen molar-refractivity contribution in [3.05, 3.63) is 4.88 Å². The number of hydrogen-bond donors (Lipinski definition) is 2. The van der Waals surface area contributed by atoms with E-state index in [2.05, 4.69) is 22.2 Å². The van der Waals surface area contributed by atoms with Gasteiger partial charge in [0.25, 0.3) is 0 Å². The van der Waals surface area contributed by atoms with Gasteiger partial charge in [0, 0.05) is 0 Å². The fourth-order valence-corrected chi connectivity index (χ4v) is 0.827. The van der Waals surface area contributed by atoms with Gasteiger partial charge in [0.15, 0.2) is 0 Å². The number of thiol groups is 1. The molecule has 8 heavy (non-hydrogen) atoms. The van der Waals surface area contributed by atoms with Crippen LogP contribution >= 0.6 is 24.2 Å². The average Bonchev–Trinajstić information content (AvgIpc) is 1.91. The van der Waals surface area contributed by atoms with E-state index in [0.29, 0.717) is 0 Å². The summed E-state index contributed by atoms with van der Waals surface area (Å²) < 4.78 is 3.64. The molecule has 0 aliphatic carbocycles. The first-order valence-electron chi connectivity index (χ1n) is 1.78. The van der Waals surface area contributed by atoms with Gasteiger partial charge >= 0.3 is 0 Å².